The molecule has 0 aliphatic carbocycles. The normalized spacial score (nSPS) is 12.2. The van der Waals surface area contributed by atoms with Gasteiger partial charge in [-0.2, -0.15) is 0 Å². The van der Waals surface area contributed by atoms with Gasteiger partial charge in [0, 0.05) is 18.2 Å². The predicted octanol–water partition coefficient (Wildman–Crippen LogP) is 2.55. The molecule has 154 valence electrons. The molecule has 2 aromatic rings. The first-order chi connectivity index (χ1) is 13.6. The van der Waals surface area contributed by atoms with Gasteiger partial charge >= 0.3 is 5.97 Å². The Labute approximate surface area is 169 Å². The zero-order valence-electron chi connectivity index (χ0n) is 16.9. The van der Waals surface area contributed by atoms with Gasteiger partial charge < -0.3 is 20.8 Å². The summed E-state index contributed by atoms with van der Waals surface area (Å²) in [7, 11) is 1.50. The van der Waals surface area contributed by atoms with E-state index in [1.807, 2.05) is 20.8 Å². The average molecular weight is 398 g/mol. The number of rotatable bonds is 6. The molecule has 0 radical (unpaired) electrons. The van der Waals surface area contributed by atoms with Crippen molar-refractivity contribution in [2.75, 3.05) is 13.7 Å². The molecule has 0 fully saturated rings. The fraction of sp³-hybridized carbons (Fsp3) is 0.318. The van der Waals surface area contributed by atoms with Crippen molar-refractivity contribution in [1.29, 1.82) is 0 Å². The van der Waals surface area contributed by atoms with Gasteiger partial charge in [-0.25, -0.2) is 4.79 Å². The summed E-state index contributed by atoms with van der Waals surface area (Å²) < 4.78 is 0. The maximum Gasteiger partial charge on any atom is 0.336 e. The van der Waals surface area contributed by atoms with Crippen molar-refractivity contribution in [3.05, 3.63) is 59.2 Å². The number of aliphatic hydroxyl groups is 1. The third kappa shape index (κ3) is 5.00. The van der Waals surface area contributed by atoms with Gasteiger partial charge in [-0.15, -0.1) is 0 Å². The number of aromatic carboxylic acids is 1. The molecule has 0 saturated carbocycles. The molecule has 0 aliphatic rings. The van der Waals surface area contributed by atoms with Crippen LogP contribution in [0.15, 0.2) is 42.5 Å². The van der Waals surface area contributed by atoms with E-state index in [0.29, 0.717) is 16.7 Å². The highest BCUT2D eigenvalue weighted by Crippen LogP contribution is 2.29. The molecule has 0 aliphatic heterocycles. The van der Waals surface area contributed by atoms with Crippen LogP contribution in [0.1, 0.15) is 51.8 Å². The summed E-state index contributed by atoms with van der Waals surface area (Å²) >= 11 is 0. The molecule has 1 atom stereocenters. The van der Waals surface area contributed by atoms with Crippen molar-refractivity contribution < 1.29 is 24.6 Å². The SMILES string of the molecule is CNC(=O)c1ccccc1-c1ccc(C(=O)N[C@H](CO)C(C)(C)C)cc1C(=O)O. The highest BCUT2D eigenvalue weighted by molar-refractivity contribution is 6.06. The quantitative estimate of drug-likeness (QED) is 0.597. The number of carboxylic acids is 1. The van der Waals surface area contributed by atoms with Gasteiger partial charge in [-0.1, -0.05) is 45.0 Å². The second kappa shape index (κ2) is 8.87. The molecule has 7 heteroatoms. The summed E-state index contributed by atoms with van der Waals surface area (Å²) in [6.07, 6.45) is 0. The van der Waals surface area contributed by atoms with Crippen molar-refractivity contribution in [2.45, 2.75) is 26.8 Å². The summed E-state index contributed by atoms with van der Waals surface area (Å²) in [6, 6.07) is 10.5. The lowest BCUT2D eigenvalue weighted by Crippen LogP contribution is -2.46. The Hall–Kier alpha value is -3.19. The number of carbonyl (C=O) groups excluding carboxylic acids is 2. The highest BCUT2D eigenvalue weighted by atomic mass is 16.4. The molecule has 2 amide bonds. The van der Waals surface area contributed by atoms with Crippen LogP contribution in [0.2, 0.25) is 0 Å². The smallest absolute Gasteiger partial charge is 0.336 e. The van der Waals surface area contributed by atoms with Crippen LogP contribution in [0.25, 0.3) is 11.1 Å². The minimum atomic E-state index is -1.21. The topological polar surface area (TPSA) is 116 Å². The van der Waals surface area contributed by atoms with Crippen molar-refractivity contribution in [1.82, 2.24) is 10.6 Å². The van der Waals surface area contributed by atoms with Gasteiger partial charge in [0.25, 0.3) is 11.8 Å². The van der Waals surface area contributed by atoms with E-state index < -0.39 is 17.9 Å². The maximum absolute atomic E-state index is 12.6. The number of hydrogen-bond acceptors (Lipinski definition) is 4. The van der Waals surface area contributed by atoms with Crippen LogP contribution in [-0.2, 0) is 0 Å². The minimum Gasteiger partial charge on any atom is -0.478 e. The van der Waals surface area contributed by atoms with Crippen LogP contribution in [0.4, 0.5) is 0 Å². The number of carboxylic acid groups (broad SMARTS) is 1. The first kappa shape index (κ1) is 22.1. The Balaban J connectivity index is 2.49. The molecule has 0 unspecified atom stereocenters. The second-order valence-corrected chi connectivity index (χ2v) is 7.76. The predicted molar refractivity (Wildman–Crippen MR) is 110 cm³/mol. The molecular weight excluding hydrogens is 372 g/mol. The van der Waals surface area contributed by atoms with Gasteiger partial charge in [0.15, 0.2) is 0 Å². The van der Waals surface area contributed by atoms with E-state index in [2.05, 4.69) is 10.6 Å². The summed E-state index contributed by atoms with van der Waals surface area (Å²) in [5.74, 6) is -2.03. The van der Waals surface area contributed by atoms with Gasteiger partial charge in [-0.05, 0) is 34.7 Å². The summed E-state index contributed by atoms with van der Waals surface area (Å²) in [6.45, 7) is 5.42. The van der Waals surface area contributed by atoms with E-state index in [-0.39, 0.29) is 29.1 Å². The molecule has 0 saturated heterocycles. The molecule has 0 spiro atoms. The maximum atomic E-state index is 12.6. The van der Waals surface area contributed by atoms with Crippen molar-refractivity contribution in [3.63, 3.8) is 0 Å². The first-order valence-electron chi connectivity index (χ1n) is 9.20. The van der Waals surface area contributed by atoms with Gasteiger partial charge in [0.05, 0.1) is 18.2 Å². The molecule has 0 bridgehead atoms. The van der Waals surface area contributed by atoms with E-state index in [9.17, 15) is 24.6 Å². The van der Waals surface area contributed by atoms with Crippen molar-refractivity contribution in [3.8, 4) is 11.1 Å². The van der Waals surface area contributed by atoms with Gasteiger partial charge in [0.2, 0.25) is 0 Å². The van der Waals surface area contributed by atoms with Crippen LogP contribution >= 0.6 is 0 Å². The summed E-state index contributed by atoms with van der Waals surface area (Å²) in [4.78, 5) is 36.7. The molecule has 2 rings (SSSR count). The number of aliphatic hydroxyl groups excluding tert-OH is 1. The third-order valence-electron chi connectivity index (χ3n) is 4.73. The largest absolute Gasteiger partial charge is 0.478 e. The molecule has 0 aromatic heterocycles. The molecule has 0 heterocycles. The Morgan fingerprint density at radius 2 is 1.59 bits per heavy atom. The van der Waals surface area contributed by atoms with Crippen LogP contribution in [0.5, 0.6) is 0 Å². The average Bonchev–Trinajstić information content (AvgIpc) is 2.69. The Bertz CT molecular complexity index is 931. The Kier molecular flexibility index (Phi) is 6.76. The molecule has 2 aromatic carbocycles. The summed E-state index contributed by atoms with van der Waals surface area (Å²) in [5.41, 5.74) is 0.827. The number of hydrogen-bond donors (Lipinski definition) is 4. The van der Waals surface area contributed by atoms with Crippen molar-refractivity contribution >= 4 is 17.8 Å². The zero-order chi connectivity index (χ0) is 21.8. The fourth-order valence-corrected chi connectivity index (χ4v) is 2.93. The van der Waals surface area contributed by atoms with Gasteiger partial charge in [0.1, 0.15) is 0 Å². The molecular formula is C22H26N2O5. The van der Waals surface area contributed by atoms with Crippen LogP contribution in [0, 0.1) is 5.41 Å². The van der Waals surface area contributed by atoms with Crippen molar-refractivity contribution in [2.24, 2.45) is 5.41 Å². The fourth-order valence-electron chi connectivity index (χ4n) is 2.93. The number of nitrogens with one attached hydrogen (secondary N) is 2. The monoisotopic (exact) mass is 398 g/mol. The van der Waals surface area contributed by atoms with E-state index in [1.54, 1.807) is 24.3 Å². The second-order valence-electron chi connectivity index (χ2n) is 7.76. The number of benzene rings is 2. The molecule has 7 nitrogen and oxygen atoms in total. The highest BCUT2D eigenvalue weighted by Gasteiger charge is 2.26. The van der Waals surface area contributed by atoms with E-state index >= 15 is 0 Å². The Morgan fingerprint density at radius 1 is 0.966 bits per heavy atom. The van der Waals surface area contributed by atoms with Crippen LogP contribution in [-0.4, -0.2) is 47.7 Å². The standard InChI is InChI=1S/C22H26N2O5/c1-22(2,3)18(12-25)24-19(26)13-9-10-15(17(11-13)21(28)29)14-7-5-6-8-16(14)20(27)23-4/h5-11,18,25H,12H2,1-4H3,(H,23,27)(H,24,26)(H,28,29)/t18-/m1/s1. The van der Waals surface area contributed by atoms with E-state index in [1.165, 1.54) is 25.2 Å². The van der Waals surface area contributed by atoms with Gasteiger partial charge in [-0.3, -0.25) is 9.59 Å². The lowest BCUT2D eigenvalue weighted by Gasteiger charge is -2.29. The molecule has 4 N–H and O–H groups in total. The molecule has 29 heavy (non-hydrogen) atoms. The zero-order valence-corrected chi connectivity index (χ0v) is 16.9. The van der Waals surface area contributed by atoms with Crippen LogP contribution in [0.3, 0.4) is 0 Å². The first-order valence-corrected chi connectivity index (χ1v) is 9.20. The Morgan fingerprint density at radius 3 is 2.14 bits per heavy atom. The minimum absolute atomic E-state index is 0.0923. The lowest BCUT2D eigenvalue weighted by molar-refractivity contribution is 0.0697. The summed E-state index contributed by atoms with van der Waals surface area (Å²) in [5, 5.41) is 24.5. The number of amides is 2. The lowest BCUT2D eigenvalue weighted by atomic mass is 9.87. The number of carbonyl (C=O) groups is 3. The van der Waals surface area contributed by atoms with Crippen LogP contribution < -0.4 is 10.6 Å². The van der Waals surface area contributed by atoms with E-state index in [4.69, 9.17) is 0 Å². The van der Waals surface area contributed by atoms with E-state index in [0.717, 1.165) is 0 Å². The third-order valence-corrected chi connectivity index (χ3v) is 4.73.